The molecule has 0 aromatic heterocycles. The van der Waals surface area contributed by atoms with Crippen molar-refractivity contribution in [3.63, 3.8) is 0 Å². The van der Waals surface area contributed by atoms with E-state index in [1.165, 1.54) is 18.9 Å². The van der Waals surface area contributed by atoms with E-state index in [4.69, 9.17) is 0 Å². The van der Waals surface area contributed by atoms with Gasteiger partial charge >= 0.3 is 0 Å². The number of halogens is 1. The van der Waals surface area contributed by atoms with Crippen LogP contribution in [0.3, 0.4) is 0 Å². The predicted molar refractivity (Wildman–Crippen MR) is 77.1 cm³/mol. The maximum Gasteiger partial charge on any atom is 0.273 e. The maximum absolute atomic E-state index is 11.0. The lowest BCUT2D eigenvalue weighted by atomic mass is 9.95. The van der Waals surface area contributed by atoms with E-state index in [0.29, 0.717) is 28.8 Å². The summed E-state index contributed by atoms with van der Waals surface area (Å²) >= 11 is 3.24. The van der Waals surface area contributed by atoms with Gasteiger partial charge in [-0.2, -0.15) is 0 Å². The Morgan fingerprint density at radius 3 is 2.74 bits per heavy atom. The van der Waals surface area contributed by atoms with Crippen LogP contribution in [-0.2, 0) is 6.42 Å². The van der Waals surface area contributed by atoms with E-state index in [2.05, 4.69) is 15.9 Å². The van der Waals surface area contributed by atoms with Crippen LogP contribution >= 0.6 is 15.9 Å². The van der Waals surface area contributed by atoms with Gasteiger partial charge in [0.1, 0.15) is 0 Å². The molecule has 0 amide bonds. The second kappa shape index (κ2) is 6.48. The third kappa shape index (κ3) is 3.76. The molecule has 4 nitrogen and oxygen atoms in total. The van der Waals surface area contributed by atoms with E-state index in [1.807, 2.05) is 6.07 Å². The number of aliphatic hydroxyl groups is 1. The molecule has 1 saturated carbocycles. The molecule has 0 spiro atoms. The van der Waals surface area contributed by atoms with Crippen molar-refractivity contribution < 1.29 is 10.0 Å². The zero-order chi connectivity index (χ0) is 13.8. The number of nitro groups is 1. The van der Waals surface area contributed by atoms with Crippen LogP contribution in [0.1, 0.15) is 37.7 Å². The molecule has 0 saturated heterocycles. The Balaban J connectivity index is 2.00. The van der Waals surface area contributed by atoms with Crippen molar-refractivity contribution in [2.75, 3.05) is 0 Å². The maximum atomic E-state index is 11.0. The molecule has 2 rings (SSSR count). The predicted octanol–water partition coefficient (Wildman–Crippen LogP) is 3.84. The first-order chi connectivity index (χ1) is 9.08. The molecule has 0 bridgehead atoms. The normalized spacial score (nSPS) is 17.6. The fourth-order valence-electron chi connectivity index (χ4n) is 2.80. The summed E-state index contributed by atoms with van der Waals surface area (Å²) in [6.45, 7) is 0. The molecular weight excluding hydrogens is 310 g/mol. The topological polar surface area (TPSA) is 63.4 Å². The van der Waals surface area contributed by atoms with Crippen molar-refractivity contribution in [1.82, 2.24) is 0 Å². The summed E-state index contributed by atoms with van der Waals surface area (Å²) in [5.74, 6) is 0.384. The average molecular weight is 328 g/mol. The number of benzene rings is 1. The Kier molecular flexibility index (Phi) is 4.93. The number of aliphatic hydroxyl groups excluding tert-OH is 1. The number of nitrogens with zero attached hydrogens (tertiary/aromatic N) is 1. The Labute approximate surface area is 121 Å². The van der Waals surface area contributed by atoms with Gasteiger partial charge in [0.2, 0.25) is 0 Å². The van der Waals surface area contributed by atoms with Crippen LogP contribution < -0.4 is 0 Å². The monoisotopic (exact) mass is 327 g/mol. The first kappa shape index (κ1) is 14.5. The van der Waals surface area contributed by atoms with Gasteiger partial charge in [-0.1, -0.05) is 34.8 Å². The molecule has 1 fully saturated rings. The van der Waals surface area contributed by atoms with Gasteiger partial charge in [-0.25, -0.2) is 0 Å². The molecule has 1 aromatic rings. The van der Waals surface area contributed by atoms with Crippen molar-refractivity contribution in [1.29, 1.82) is 0 Å². The minimum Gasteiger partial charge on any atom is -0.393 e. The van der Waals surface area contributed by atoms with E-state index < -0.39 is 0 Å². The molecule has 1 aliphatic carbocycles. The fourth-order valence-corrected chi connectivity index (χ4v) is 3.15. The number of nitro benzene ring substituents is 1. The van der Waals surface area contributed by atoms with Crippen LogP contribution in [0.4, 0.5) is 5.69 Å². The van der Waals surface area contributed by atoms with Gasteiger partial charge in [0.05, 0.1) is 11.0 Å². The lowest BCUT2D eigenvalue weighted by Gasteiger charge is -2.17. The smallest absolute Gasteiger partial charge is 0.273 e. The molecular formula is C14H18BrNO3. The van der Waals surface area contributed by atoms with Gasteiger partial charge in [0.15, 0.2) is 0 Å². The standard InChI is InChI=1S/C14H18BrNO3/c15-12-7-5-10(13(9-12)16(18)19)6-8-14(17)11-3-1-2-4-11/h5,7,9,11,14,17H,1-4,6,8H2. The summed E-state index contributed by atoms with van der Waals surface area (Å²) in [7, 11) is 0. The zero-order valence-electron chi connectivity index (χ0n) is 10.7. The second-order valence-electron chi connectivity index (χ2n) is 5.18. The largest absolute Gasteiger partial charge is 0.393 e. The summed E-state index contributed by atoms with van der Waals surface area (Å²) in [6.07, 6.45) is 5.40. The summed E-state index contributed by atoms with van der Waals surface area (Å²) in [4.78, 5) is 10.6. The Hall–Kier alpha value is -0.940. The molecule has 19 heavy (non-hydrogen) atoms. The van der Waals surface area contributed by atoms with E-state index >= 15 is 0 Å². The molecule has 0 radical (unpaired) electrons. The highest BCUT2D eigenvalue weighted by molar-refractivity contribution is 9.10. The summed E-state index contributed by atoms with van der Waals surface area (Å²) < 4.78 is 0.708. The van der Waals surface area contributed by atoms with Crippen LogP contribution in [0.25, 0.3) is 0 Å². The molecule has 0 aliphatic heterocycles. The third-order valence-electron chi connectivity index (χ3n) is 3.90. The van der Waals surface area contributed by atoms with Gasteiger partial charge in [0, 0.05) is 16.1 Å². The summed E-state index contributed by atoms with van der Waals surface area (Å²) in [6, 6.07) is 5.10. The minimum absolute atomic E-state index is 0.132. The summed E-state index contributed by atoms with van der Waals surface area (Å²) in [5, 5.41) is 21.1. The van der Waals surface area contributed by atoms with Crippen molar-refractivity contribution in [3.8, 4) is 0 Å². The Morgan fingerprint density at radius 2 is 2.11 bits per heavy atom. The second-order valence-corrected chi connectivity index (χ2v) is 6.10. The van der Waals surface area contributed by atoms with Crippen LogP contribution in [0, 0.1) is 16.0 Å². The number of aryl methyl sites for hydroxylation is 1. The van der Waals surface area contributed by atoms with Gasteiger partial charge in [-0.3, -0.25) is 10.1 Å². The third-order valence-corrected chi connectivity index (χ3v) is 4.39. The molecule has 1 N–H and O–H groups in total. The van der Waals surface area contributed by atoms with Gasteiger partial charge in [0.25, 0.3) is 5.69 Å². The quantitative estimate of drug-likeness (QED) is 0.660. The molecule has 1 unspecified atom stereocenters. The van der Waals surface area contributed by atoms with Crippen LogP contribution in [0.5, 0.6) is 0 Å². The van der Waals surface area contributed by atoms with Crippen molar-refractivity contribution >= 4 is 21.6 Å². The van der Waals surface area contributed by atoms with E-state index in [-0.39, 0.29) is 16.7 Å². The zero-order valence-corrected chi connectivity index (χ0v) is 12.3. The lowest BCUT2D eigenvalue weighted by Crippen LogP contribution is -2.18. The molecule has 0 heterocycles. The molecule has 5 heteroatoms. The molecule has 1 atom stereocenters. The highest BCUT2D eigenvalue weighted by Crippen LogP contribution is 2.31. The van der Waals surface area contributed by atoms with Gasteiger partial charge in [-0.15, -0.1) is 0 Å². The summed E-state index contributed by atoms with van der Waals surface area (Å²) in [5.41, 5.74) is 0.832. The SMILES string of the molecule is O=[N+]([O-])c1cc(Br)ccc1CCC(O)C1CCCC1. The number of hydrogen-bond acceptors (Lipinski definition) is 3. The molecule has 104 valence electrons. The van der Waals surface area contributed by atoms with Gasteiger partial charge in [-0.05, 0) is 37.7 Å². The fraction of sp³-hybridized carbons (Fsp3) is 0.571. The van der Waals surface area contributed by atoms with Crippen molar-refractivity contribution in [2.24, 2.45) is 5.92 Å². The highest BCUT2D eigenvalue weighted by Gasteiger charge is 2.24. The average Bonchev–Trinajstić information content (AvgIpc) is 2.90. The van der Waals surface area contributed by atoms with Crippen molar-refractivity contribution in [2.45, 2.75) is 44.6 Å². The van der Waals surface area contributed by atoms with Crippen molar-refractivity contribution in [3.05, 3.63) is 38.3 Å². The van der Waals surface area contributed by atoms with Crippen LogP contribution in [0.15, 0.2) is 22.7 Å². The minimum atomic E-state index is -0.359. The molecule has 1 aliphatic rings. The van der Waals surface area contributed by atoms with E-state index in [9.17, 15) is 15.2 Å². The lowest BCUT2D eigenvalue weighted by molar-refractivity contribution is -0.385. The Bertz CT molecular complexity index is 458. The van der Waals surface area contributed by atoms with Gasteiger partial charge < -0.3 is 5.11 Å². The van der Waals surface area contributed by atoms with E-state index in [0.717, 1.165) is 12.8 Å². The highest BCUT2D eigenvalue weighted by atomic mass is 79.9. The van der Waals surface area contributed by atoms with E-state index in [1.54, 1.807) is 6.07 Å². The molecule has 1 aromatic carbocycles. The number of hydrogen-bond donors (Lipinski definition) is 1. The number of rotatable bonds is 5. The van der Waals surface area contributed by atoms with Crippen LogP contribution in [-0.4, -0.2) is 16.1 Å². The Morgan fingerprint density at radius 1 is 1.42 bits per heavy atom. The van der Waals surface area contributed by atoms with Crippen LogP contribution in [0.2, 0.25) is 0 Å². The first-order valence-electron chi connectivity index (χ1n) is 6.69. The first-order valence-corrected chi connectivity index (χ1v) is 7.48.